The van der Waals surface area contributed by atoms with Gasteiger partial charge in [-0.1, -0.05) is 0 Å². The SMILES string of the molecule is CC(C)(N)C(C)(C)C(=O)N1CCCC(CCC(=O)O)C1. The van der Waals surface area contributed by atoms with Crippen LogP contribution in [-0.2, 0) is 9.59 Å². The number of hydrogen-bond donors (Lipinski definition) is 2. The summed E-state index contributed by atoms with van der Waals surface area (Å²) in [4.78, 5) is 25.2. The topological polar surface area (TPSA) is 83.6 Å². The van der Waals surface area contributed by atoms with E-state index in [1.54, 1.807) is 0 Å². The third-order valence-corrected chi connectivity index (χ3v) is 4.72. The third-order valence-electron chi connectivity index (χ3n) is 4.72. The van der Waals surface area contributed by atoms with Crippen molar-refractivity contribution in [2.75, 3.05) is 13.1 Å². The van der Waals surface area contributed by atoms with E-state index in [4.69, 9.17) is 10.8 Å². The van der Waals surface area contributed by atoms with Gasteiger partial charge in [-0.25, -0.2) is 0 Å². The van der Waals surface area contributed by atoms with Gasteiger partial charge < -0.3 is 15.7 Å². The number of carbonyl (C=O) groups excluding carboxylic acids is 1. The highest BCUT2D eigenvalue weighted by molar-refractivity contribution is 5.83. The lowest BCUT2D eigenvalue weighted by Crippen LogP contribution is -2.57. The largest absolute Gasteiger partial charge is 0.481 e. The maximum Gasteiger partial charge on any atom is 0.303 e. The number of piperidine rings is 1. The number of nitrogens with two attached hydrogens (primary N) is 1. The average molecular weight is 284 g/mol. The number of amides is 1. The first kappa shape index (κ1) is 17.0. The highest BCUT2D eigenvalue weighted by Crippen LogP contribution is 2.32. The summed E-state index contributed by atoms with van der Waals surface area (Å²) < 4.78 is 0. The highest BCUT2D eigenvalue weighted by atomic mass is 16.4. The predicted octanol–water partition coefficient (Wildman–Crippen LogP) is 1.85. The summed E-state index contributed by atoms with van der Waals surface area (Å²) in [7, 11) is 0. The molecule has 0 saturated carbocycles. The Balaban J connectivity index is 2.67. The van der Waals surface area contributed by atoms with Crippen LogP contribution in [0.4, 0.5) is 0 Å². The van der Waals surface area contributed by atoms with Crippen LogP contribution in [0.1, 0.15) is 53.4 Å². The van der Waals surface area contributed by atoms with E-state index in [1.807, 2.05) is 32.6 Å². The van der Waals surface area contributed by atoms with Gasteiger partial charge in [-0.2, -0.15) is 0 Å². The van der Waals surface area contributed by atoms with Crippen LogP contribution in [0, 0.1) is 11.3 Å². The highest BCUT2D eigenvalue weighted by Gasteiger charge is 2.43. The molecule has 0 spiro atoms. The molecule has 1 rings (SSSR count). The molecule has 5 nitrogen and oxygen atoms in total. The molecular weight excluding hydrogens is 256 g/mol. The standard InChI is InChI=1S/C15H28N2O3/c1-14(2,15(3,4)16)13(20)17-9-5-6-11(10-17)7-8-12(18)19/h11H,5-10,16H2,1-4H3,(H,18,19). The molecule has 1 fully saturated rings. The second kappa shape index (κ2) is 6.12. The van der Waals surface area contributed by atoms with Gasteiger partial charge in [0.15, 0.2) is 0 Å². The smallest absolute Gasteiger partial charge is 0.303 e. The summed E-state index contributed by atoms with van der Waals surface area (Å²) in [6.07, 6.45) is 2.77. The molecule has 5 heteroatoms. The number of nitrogens with zero attached hydrogens (tertiary/aromatic N) is 1. The third kappa shape index (κ3) is 3.95. The van der Waals surface area contributed by atoms with Crippen LogP contribution in [0.3, 0.4) is 0 Å². The van der Waals surface area contributed by atoms with Crippen LogP contribution >= 0.6 is 0 Å². The molecule has 0 radical (unpaired) electrons. The van der Waals surface area contributed by atoms with Gasteiger partial charge in [-0.05, 0) is 52.9 Å². The van der Waals surface area contributed by atoms with Crippen molar-refractivity contribution in [1.82, 2.24) is 4.90 Å². The summed E-state index contributed by atoms with van der Waals surface area (Å²) in [5.74, 6) is -0.401. The fourth-order valence-electron chi connectivity index (χ4n) is 2.48. The molecule has 1 saturated heterocycles. The van der Waals surface area contributed by atoms with E-state index in [0.29, 0.717) is 18.9 Å². The molecule has 0 bridgehead atoms. The molecule has 116 valence electrons. The van der Waals surface area contributed by atoms with Crippen LogP contribution in [0.15, 0.2) is 0 Å². The van der Waals surface area contributed by atoms with E-state index in [2.05, 4.69) is 0 Å². The Morgan fingerprint density at radius 1 is 1.30 bits per heavy atom. The zero-order chi connectivity index (χ0) is 15.6. The fourth-order valence-corrected chi connectivity index (χ4v) is 2.48. The van der Waals surface area contributed by atoms with Crippen LogP contribution in [-0.4, -0.2) is 40.5 Å². The first-order chi connectivity index (χ1) is 9.05. The molecule has 20 heavy (non-hydrogen) atoms. The maximum atomic E-state index is 12.7. The summed E-state index contributed by atoms with van der Waals surface area (Å²) in [5.41, 5.74) is 4.92. The second-order valence-electron chi connectivity index (χ2n) is 7.04. The Morgan fingerprint density at radius 3 is 2.40 bits per heavy atom. The van der Waals surface area contributed by atoms with E-state index in [1.165, 1.54) is 0 Å². The molecule has 1 aliphatic heterocycles. The van der Waals surface area contributed by atoms with Crippen molar-refractivity contribution in [3.05, 3.63) is 0 Å². The van der Waals surface area contributed by atoms with Crippen molar-refractivity contribution >= 4 is 11.9 Å². The zero-order valence-corrected chi connectivity index (χ0v) is 13.1. The molecule has 1 unspecified atom stereocenters. The molecule has 1 heterocycles. The number of hydrogen-bond acceptors (Lipinski definition) is 3. The van der Waals surface area contributed by atoms with Crippen molar-refractivity contribution < 1.29 is 14.7 Å². The molecule has 0 aromatic heterocycles. The Kier molecular flexibility index (Phi) is 5.19. The lowest BCUT2D eigenvalue weighted by Gasteiger charge is -2.43. The number of rotatable bonds is 5. The molecule has 1 atom stereocenters. The minimum Gasteiger partial charge on any atom is -0.481 e. The Morgan fingerprint density at radius 2 is 1.90 bits per heavy atom. The minimum absolute atomic E-state index is 0.0741. The van der Waals surface area contributed by atoms with Gasteiger partial charge in [0.05, 0.1) is 5.41 Å². The second-order valence-corrected chi connectivity index (χ2v) is 7.04. The summed E-state index contributed by atoms with van der Waals surface area (Å²) in [6, 6.07) is 0. The number of carbonyl (C=O) groups is 2. The summed E-state index contributed by atoms with van der Waals surface area (Å²) >= 11 is 0. The van der Waals surface area contributed by atoms with Crippen LogP contribution < -0.4 is 5.73 Å². The van der Waals surface area contributed by atoms with E-state index in [0.717, 1.165) is 19.4 Å². The Bertz CT molecular complexity index is 372. The normalized spacial score (nSPS) is 20.9. The zero-order valence-electron chi connectivity index (χ0n) is 13.1. The van der Waals surface area contributed by atoms with Gasteiger partial charge in [0.25, 0.3) is 0 Å². The van der Waals surface area contributed by atoms with Crippen molar-refractivity contribution in [2.45, 2.75) is 58.9 Å². The molecule has 1 aliphatic rings. The summed E-state index contributed by atoms with van der Waals surface area (Å²) in [6.45, 7) is 8.92. The van der Waals surface area contributed by atoms with E-state index >= 15 is 0 Å². The van der Waals surface area contributed by atoms with Gasteiger partial charge in [-0.15, -0.1) is 0 Å². The molecular formula is C15H28N2O3. The lowest BCUT2D eigenvalue weighted by molar-refractivity contribution is -0.145. The minimum atomic E-state index is -0.767. The average Bonchev–Trinajstić information content (AvgIpc) is 2.34. The number of aliphatic carboxylic acids is 1. The Labute approximate surface area is 121 Å². The van der Waals surface area contributed by atoms with Crippen molar-refractivity contribution in [2.24, 2.45) is 17.1 Å². The number of carboxylic acid groups (broad SMARTS) is 1. The number of carboxylic acids is 1. The quantitative estimate of drug-likeness (QED) is 0.807. The molecule has 0 aromatic rings. The van der Waals surface area contributed by atoms with Gasteiger partial charge in [0.1, 0.15) is 0 Å². The molecule has 1 amide bonds. The van der Waals surface area contributed by atoms with Gasteiger partial charge in [-0.3, -0.25) is 9.59 Å². The predicted molar refractivity (Wildman–Crippen MR) is 78.2 cm³/mol. The molecule has 0 aliphatic carbocycles. The summed E-state index contributed by atoms with van der Waals surface area (Å²) in [5, 5.41) is 8.76. The van der Waals surface area contributed by atoms with Crippen molar-refractivity contribution in [3.63, 3.8) is 0 Å². The first-order valence-electron chi connectivity index (χ1n) is 7.35. The van der Waals surface area contributed by atoms with E-state index < -0.39 is 16.9 Å². The van der Waals surface area contributed by atoms with Crippen molar-refractivity contribution in [3.8, 4) is 0 Å². The van der Waals surface area contributed by atoms with E-state index in [9.17, 15) is 9.59 Å². The van der Waals surface area contributed by atoms with Crippen LogP contribution in [0.5, 0.6) is 0 Å². The van der Waals surface area contributed by atoms with Gasteiger partial charge in [0.2, 0.25) is 5.91 Å². The van der Waals surface area contributed by atoms with E-state index in [-0.39, 0.29) is 12.3 Å². The van der Waals surface area contributed by atoms with Crippen molar-refractivity contribution in [1.29, 1.82) is 0 Å². The molecule has 3 N–H and O–H groups in total. The first-order valence-corrected chi connectivity index (χ1v) is 7.35. The maximum absolute atomic E-state index is 12.7. The van der Waals surface area contributed by atoms with Crippen LogP contribution in [0.25, 0.3) is 0 Å². The van der Waals surface area contributed by atoms with Crippen LogP contribution in [0.2, 0.25) is 0 Å². The monoisotopic (exact) mass is 284 g/mol. The Hall–Kier alpha value is -1.10. The lowest BCUT2D eigenvalue weighted by atomic mass is 9.73. The van der Waals surface area contributed by atoms with Gasteiger partial charge >= 0.3 is 5.97 Å². The fraction of sp³-hybridized carbons (Fsp3) is 0.867. The molecule has 0 aromatic carbocycles. The number of likely N-dealkylation sites (tertiary alicyclic amines) is 1. The van der Waals surface area contributed by atoms with Gasteiger partial charge in [0, 0.05) is 25.0 Å².